The van der Waals surface area contributed by atoms with Gasteiger partial charge in [0.15, 0.2) is 5.16 Å². The summed E-state index contributed by atoms with van der Waals surface area (Å²) in [5, 5.41) is 3.69. The monoisotopic (exact) mass is 433 g/mol. The number of thioether (sulfide) groups is 1. The summed E-state index contributed by atoms with van der Waals surface area (Å²) in [6.45, 7) is 0. The minimum absolute atomic E-state index is 0.0462. The molecule has 1 aromatic heterocycles. The fourth-order valence-corrected chi connectivity index (χ4v) is 5.28. The van der Waals surface area contributed by atoms with E-state index in [0.717, 1.165) is 47.8 Å². The van der Waals surface area contributed by atoms with Crippen LogP contribution >= 0.6 is 11.8 Å². The second-order valence-electron chi connectivity index (χ2n) is 7.86. The van der Waals surface area contributed by atoms with E-state index in [4.69, 9.17) is 9.72 Å². The topological polar surface area (TPSA) is 73.2 Å². The predicted octanol–water partition coefficient (Wildman–Crippen LogP) is 4.59. The molecule has 2 aromatic carbocycles. The lowest BCUT2D eigenvalue weighted by atomic mass is 9.97. The molecule has 6 nitrogen and oxygen atoms in total. The van der Waals surface area contributed by atoms with E-state index in [-0.39, 0.29) is 23.9 Å². The van der Waals surface area contributed by atoms with Gasteiger partial charge >= 0.3 is 0 Å². The molecule has 0 bridgehead atoms. The lowest BCUT2D eigenvalue weighted by Gasteiger charge is -2.18. The maximum atomic E-state index is 13.0. The second-order valence-corrected chi connectivity index (χ2v) is 8.85. The summed E-state index contributed by atoms with van der Waals surface area (Å²) in [5.41, 5.74) is 2.55. The van der Waals surface area contributed by atoms with Crippen LogP contribution in [0.15, 0.2) is 64.5 Å². The Labute approximate surface area is 184 Å². The van der Waals surface area contributed by atoms with Crippen molar-refractivity contribution in [1.29, 1.82) is 0 Å². The molecular formula is C24H23N3O3S. The van der Waals surface area contributed by atoms with E-state index in [2.05, 4.69) is 5.32 Å². The molecule has 2 aliphatic rings. The van der Waals surface area contributed by atoms with E-state index in [0.29, 0.717) is 17.2 Å². The Morgan fingerprint density at radius 1 is 1.06 bits per heavy atom. The summed E-state index contributed by atoms with van der Waals surface area (Å²) in [6.07, 6.45) is 4.05. The van der Waals surface area contributed by atoms with E-state index in [9.17, 15) is 9.59 Å². The summed E-state index contributed by atoms with van der Waals surface area (Å²) in [5.74, 6) is 2.05. The Hall–Kier alpha value is -3.06. The van der Waals surface area contributed by atoms with Crippen LogP contribution in [0.1, 0.15) is 36.6 Å². The van der Waals surface area contributed by atoms with Crippen LogP contribution in [0.2, 0.25) is 0 Å². The minimum atomic E-state index is -0.159. The first kappa shape index (κ1) is 19.9. The quantitative estimate of drug-likeness (QED) is 0.596. The normalized spacial score (nSPS) is 17.0. The summed E-state index contributed by atoms with van der Waals surface area (Å²) in [6, 6.07) is 16.7. The molecule has 0 radical (unpaired) electrons. The minimum Gasteiger partial charge on any atom is -0.457 e. The smallest absolute Gasteiger partial charge is 0.257 e. The van der Waals surface area contributed by atoms with Gasteiger partial charge in [-0.1, -0.05) is 30.0 Å². The number of nitrogens with one attached hydrogen (secondary N) is 1. The molecule has 0 saturated carbocycles. The highest BCUT2D eigenvalue weighted by molar-refractivity contribution is 7.99. The zero-order valence-electron chi connectivity index (χ0n) is 17.0. The van der Waals surface area contributed by atoms with Gasteiger partial charge in [0, 0.05) is 23.4 Å². The van der Waals surface area contributed by atoms with Gasteiger partial charge in [-0.3, -0.25) is 14.2 Å². The average Bonchev–Trinajstić information content (AvgIpc) is 3.18. The average molecular weight is 434 g/mol. The highest BCUT2D eigenvalue weighted by Gasteiger charge is 2.30. The van der Waals surface area contributed by atoms with Crippen molar-refractivity contribution in [3.05, 3.63) is 76.2 Å². The highest BCUT2D eigenvalue weighted by atomic mass is 32.2. The van der Waals surface area contributed by atoms with Crippen molar-refractivity contribution in [3.8, 4) is 11.5 Å². The van der Waals surface area contributed by atoms with Gasteiger partial charge in [-0.15, -0.1) is 0 Å². The van der Waals surface area contributed by atoms with Crippen LogP contribution < -0.4 is 15.6 Å². The van der Waals surface area contributed by atoms with Gasteiger partial charge in [-0.05, 0) is 62.1 Å². The number of hydrogen-bond donors (Lipinski definition) is 1. The number of rotatable bonds is 5. The van der Waals surface area contributed by atoms with Crippen LogP contribution in [0.25, 0.3) is 0 Å². The van der Waals surface area contributed by atoms with E-state index < -0.39 is 0 Å². The number of benzene rings is 2. The van der Waals surface area contributed by atoms with Crippen LogP contribution in [0.5, 0.6) is 11.5 Å². The first-order valence-corrected chi connectivity index (χ1v) is 11.6. The standard InChI is InChI=1S/C24H23N3O3S/c28-22(25-16-10-12-19(13-11-16)30-18-6-2-1-3-7-18)14-17-15-31-24-26-21-9-5-4-8-20(21)23(29)27(17)24/h1-3,6-7,10-13,17H,4-5,8-9,14-15H2,(H,25,28). The van der Waals surface area contributed by atoms with Gasteiger partial charge in [0.1, 0.15) is 11.5 Å². The van der Waals surface area contributed by atoms with Gasteiger partial charge < -0.3 is 10.1 Å². The molecule has 2 heterocycles. The van der Waals surface area contributed by atoms with Crippen LogP contribution in [0, 0.1) is 0 Å². The van der Waals surface area contributed by atoms with Crippen LogP contribution in [0.4, 0.5) is 5.69 Å². The van der Waals surface area contributed by atoms with Gasteiger partial charge in [0.25, 0.3) is 5.56 Å². The van der Waals surface area contributed by atoms with Crippen LogP contribution in [-0.2, 0) is 17.6 Å². The number of aromatic nitrogens is 2. The molecule has 1 unspecified atom stereocenters. The second kappa shape index (κ2) is 8.59. The van der Waals surface area contributed by atoms with Gasteiger partial charge in [-0.25, -0.2) is 4.98 Å². The fraction of sp³-hybridized carbons (Fsp3) is 0.292. The molecule has 3 aromatic rings. The molecule has 1 N–H and O–H groups in total. The Kier molecular flexibility index (Phi) is 5.51. The lowest BCUT2D eigenvalue weighted by Crippen LogP contribution is -2.32. The molecule has 7 heteroatoms. The number of para-hydroxylation sites is 1. The zero-order chi connectivity index (χ0) is 21.2. The predicted molar refractivity (Wildman–Crippen MR) is 121 cm³/mol. The molecule has 158 valence electrons. The third kappa shape index (κ3) is 4.23. The molecule has 1 amide bonds. The van der Waals surface area contributed by atoms with Crippen molar-refractivity contribution in [2.24, 2.45) is 0 Å². The fourth-order valence-electron chi connectivity index (χ4n) is 4.12. The highest BCUT2D eigenvalue weighted by Crippen LogP contribution is 2.34. The molecule has 5 rings (SSSR count). The summed E-state index contributed by atoms with van der Waals surface area (Å²) < 4.78 is 7.52. The molecular weight excluding hydrogens is 410 g/mol. The molecule has 1 aliphatic carbocycles. The van der Waals surface area contributed by atoms with Gasteiger partial charge in [0.05, 0.1) is 11.7 Å². The van der Waals surface area contributed by atoms with E-state index in [1.54, 1.807) is 16.3 Å². The Bertz CT molecular complexity index is 1160. The molecule has 0 fully saturated rings. The van der Waals surface area contributed by atoms with E-state index >= 15 is 0 Å². The van der Waals surface area contributed by atoms with Crippen molar-refractivity contribution in [1.82, 2.24) is 9.55 Å². The molecule has 1 atom stereocenters. The summed E-state index contributed by atoms with van der Waals surface area (Å²) in [7, 11) is 0. The first-order chi connectivity index (χ1) is 15.2. The number of ether oxygens (including phenoxy) is 1. The maximum Gasteiger partial charge on any atom is 0.257 e. The third-order valence-corrected chi connectivity index (χ3v) is 6.76. The van der Waals surface area contributed by atoms with Crippen molar-refractivity contribution < 1.29 is 9.53 Å². The molecule has 1 aliphatic heterocycles. The van der Waals surface area contributed by atoms with Crippen LogP contribution in [-0.4, -0.2) is 21.2 Å². The van der Waals surface area contributed by atoms with Crippen molar-refractivity contribution >= 4 is 23.4 Å². The molecule has 31 heavy (non-hydrogen) atoms. The van der Waals surface area contributed by atoms with E-state index in [1.807, 2.05) is 54.6 Å². The zero-order valence-corrected chi connectivity index (χ0v) is 17.9. The van der Waals surface area contributed by atoms with Crippen molar-refractivity contribution in [3.63, 3.8) is 0 Å². The number of nitrogens with zero attached hydrogens (tertiary/aromatic N) is 2. The summed E-state index contributed by atoms with van der Waals surface area (Å²) >= 11 is 1.57. The molecule has 0 saturated heterocycles. The van der Waals surface area contributed by atoms with Crippen LogP contribution in [0.3, 0.4) is 0 Å². The number of fused-ring (bicyclic) bond motifs is 2. The Morgan fingerprint density at radius 3 is 2.61 bits per heavy atom. The van der Waals surface area contributed by atoms with E-state index in [1.165, 1.54) is 0 Å². The lowest BCUT2D eigenvalue weighted by molar-refractivity contribution is -0.116. The van der Waals surface area contributed by atoms with Gasteiger partial charge in [-0.2, -0.15) is 0 Å². The molecule has 0 spiro atoms. The van der Waals surface area contributed by atoms with Crippen molar-refractivity contribution in [2.45, 2.75) is 43.3 Å². The first-order valence-electron chi connectivity index (χ1n) is 10.6. The number of carbonyl (C=O) groups excluding carboxylic acids is 1. The Balaban J connectivity index is 1.25. The largest absolute Gasteiger partial charge is 0.457 e. The number of anilines is 1. The number of hydrogen-bond acceptors (Lipinski definition) is 5. The Morgan fingerprint density at radius 2 is 1.81 bits per heavy atom. The maximum absolute atomic E-state index is 13.0. The van der Waals surface area contributed by atoms with Crippen molar-refractivity contribution in [2.75, 3.05) is 11.1 Å². The SMILES string of the molecule is O=C(CC1CSc2nc3c(c(=O)n21)CCCC3)Nc1ccc(Oc2ccccc2)cc1. The number of amides is 1. The summed E-state index contributed by atoms with van der Waals surface area (Å²) in [4.78, 5) is 30.4. The third-order valence-electron chi connectivity index (χ3n) is 5.66. The number of carbonyl (C=O) groups is 1. The van der Waals surface area contributed by atoms with Gasteiger partial charge in [0.2, 0.25) is 5.91 Å². The number of aryl methyl sites for hydroxylation is 1.